The van der Waals surface area contributed by atoms with Gasteiger partial charge in [-0.3, -0.25) is 4.79 Å². The van der Waals surface area contributed by atoms with Gasteiger partial charge in [0.25, 0.3) is 0 Å². The molecule has 23 heavy (non-hydrogen) atoms. The fraction of sp³-hybridized carbons (Fsp3) is 0.526. The van der Waals surface area contributed by atoms with E-state index in [1.807, 2.05) is 17.8 Å². The van der Waals surface area contributed by atoms with Gasteiger partial charge in [-0.25, -0.2) is 0 Å². The van der Waals surface area contributed by atoms with Crippen LogP contribution in [0.3, 0.4) is 0 Å². The molecule has 124 valence electrons. The van der Waals surface area contributed by atoms with E-state index >= 15 is 0 Å². The Kier molecular flexibility index (Phi) is 5.44. The standard InChI is InChI=1S/C19H24O3S/c1-22-12-16-11-17(14-8-5-9-15(10-14)19(20)21)23-18(16)13-6-3-2-4-7-13/h2-4,6-7,11,14-16,18H,5,8-10,12H2,1H3,(H,20,21). The van der Waals surface area contributed by atoms with Crippen molar-refractivity contribution in [2.75, 3.05) is 13.7 Å². The second-order valence-electron chi connectivity index (χ2n) is 6.54. The lowest BCUT2D eigenvalue weighted by atomic mass is 9.80. The van der Waals surface area contributed by atoms with Crippen LogP contribution in [0, 0.1) is 17.8 Å². The molecule has 0 aromatic heterocycles. The van der Waals surface area contributed by atoms with E-state index in [2.05, 4.69) is 30.3 Å². The maximum Gasteiger partial charge on any atom is 0.306 e. The number of carboxylic acids is 1. The van der Waals surface area contributed by atoms with Crippen LogP contribution in [-0.2, 0) is 9.53 Å². The Labute approximate surface area is 142 Å². The number of hydrogen-bond donors (Lipinski definition) is 1. The third-order valence-corrected chi connectivity index (χ3v) is 6.56. The van der Waals surface area contributed by atoms with Crippen LogP contribution in [0.4, 0.5) is 0 Å². The zero-order valence-corrected chi connectivity index (χ0v) is 14.3. The van der Waals surface area contributed by atoms with Crippen LogP contribution in [0.1, 0.15) is 36.5 Å². The van der Waals surface area contributed by atoms with Crippen molar-refractivity contribution in [2.45, 2.75) is 30.9 Å². The van der Waals surface area contributed by atoms with Crippen LogP contribution in [0.15, 0.2) is 41.3 Å². The van der Waals surface area contributed by atoms with E-state index in [0.29, 0.717) is 23.7 Å². The van der Waals surface area contributed by atoms with Crippen molar-refractivity contribution >= 4 is 17.7 Å². The van der Waals surface area contributed by atoms with Crippen molar-refractivity contribution in [3.8, 4) is 0 Å². The molecule has 1 aliphatic heterocycles. The first-order chi connectivity index (χ1) is 11.2. The zero-order valence-electron chi connectivity index (χ0n) is 13.5. The average Bonchev–Trinajstić information content (AvgIpc) is 3.00. The van der Waals surface area contributed by atoms with Gasteiger partial charge in [0.1, 0.15) is 0 Å². The summed E-state index contributed by atoms with van der Waals surface area (Å²) in [6.45, 7) is 0.713. The van der Waals surface area contributed by atoms with Crippen molar-refractivity contribution in [3.63, 3.8) is 0 Å². The van der Waals surface area contributed by atoms with E-state index in [-0.39, 0.29) is 5.92 Å². The van der Waals surface area contributed by atoms with Crippen molar-refractivity contribution in [3.05, 3.63) is 46.9 Å². The lowest BCUT2D eigenvalue weighted by molar-refractivity contribution is -0.143. The minimum Gasteiger partial charge on any atom is -0.481 e. The minimum absolute atomic E-state index is 0.174. The van der Waals surface area contributed by atoms with E-state index in [1.54, 1.807) is 7.11 Å². The Morgan fingerprint density at radius 2 is 2.09 bits per heavy atom. The Morgan fingerprint density at radius 1 is 1.30 bits per heavy atom. The molecule has 1 aliphatic carbocycles. The van der Waals surface area contributed by atoms with E-state index in [4.69, 9.17) is 4.74 Å². The Bertz CT molecular complexity index is 569. The molecule has 0 radical (unpaired) electrons. The van der Waals surface area contributed by atoms with Gasteiger partial charge in [0.05, 0.1) is 12.5 Å². The number of benzene rings is 1. The number of hydrogen-bond acceptors (Lipinski definition) is 3. The Hall–Kier alpha value is -1.26. The molecule has 4 unspecified atom stereocenters. The highest BCUT2D eigenvalue weighted by molar-refractivity contribution is 8.03. The number of carboxylic acid groups (broad SMARTS) is 1. The maximum absolute atomic E-state index is 11.3. The fourth-order valence-corrected chi connectivity index (χ4v) is 5.34. The van der Waals surface area contributed by atoms with Crippen molar-refractivity contribution in [1.29, 1.82) is 0 Å². The quantitative estimate of drug-likeness (QED) is 0.861. The van der Waals surface area contributed by atoms with Gasteiger partial charge < -0.3 is 9.84 Å². The van der Waals surface area contributed by atoms with Gasteiger partial charge in [0.15, 0.2) is 0 Å². The van der Waals surface area contributed by atoms with E-state index in [9.17, 15) is 9.90 Å². The molecule has 4 heteroatoms. The lowest BCUT2D eigenvalue weighted by Gasteiger charge is -2.27. The Balaban J connectivity index is 1.75. The van der Waals surface area contributed by atoms with E-state index in [1.165, 1.54) is 10.5 Å². The van der Waals surface area contributed by atoms with Crippen LogP contribution in [-0.4, -0.2) is 24.8 Å². The first-order valence-electron chi connectivity index (χ1n) is 8.34. The number of methoxy groups -OCH3 is 1. The summed E-state index contributed by atoms with van der Waals surface area (Å²) in [5.41, 5.74) is 1.33. The summed E-state index contributed by atoms with van der Waals surface area (Å²) in [5.74, 6) is -0.0335. The highest BCUT2D eigenvalue weighted by atomic mass is 32.2. The van der Waals surface area contributed by atoms with Crippen LogP contribution >= 0.6 is 11.8 Å². The van der Waals surface area contributed by atoms with Gasteiger partial charge in [-0.05, 0) is 35.6 Å². The van der Waals surface area contributed by atoms with Crippen LogP contribution in [0.2, 0.25) is 0 Å². The SMILES string of the molecule is COCC1C=C(C2CCCC(C(=O)O)C2)SC1c1ccccc1. The molecule has 0 bridgehead atoms. The second kappa shape index (κ2) is 7.54. The Morgan fingerprint density at radius 3 is 2.78 bits per heavy atom. The highest BCUT2D eigenvalue weighted by Crippen LogP contribution is 2.52. The summed E-state index contributed by atoms with van der Waals surface area (Å²) in [7, 11) is 1.75. The van der Waals surface area contributed by atoms with Crippen LogP contribution < -0.4 is 0 Å². The molecule has 2 aliphatic rings. The summed E-state index contributed by atoms with van der Waals surface area (Å²) in [4.78, 5) is 12.7. The summed E-state index contributed by atoms with van der Waals surface area (Å²) in [6.07, 6.45) is 6.10. The predicted molar refractivity (Wildman–Crippen MR) is 93.3 cm³/mol. The third-order valence-electron chi connectivity index (χ3n) is 4.94. The van der Waals surface area contributed by atoms with Crippen molar-refractivity contribution in [1.82, 2.24) is 0 Å². The smallest absolute Gasteiger partial charge is 0.306 e. The predicted octanol–water partition coefficient (Wildman–Crippen LogP) is 4.51. The summed E-state index contributed by atoms with van der Waals surface area (Å²) < 4.78 is 5.42. The fourth-order valence-electron chi connectivity index (χ4n) is 3.76. The number of aliphatic carboxylic acids is 1. The molecule has 3 nitrogen and oxygen atoms in total. The van der Waals surface area contributed by atoms with E-state index in [0.717, 1.165) is 25.7 Å². The summed E-state index contributed by atoms with van der Waals surface area (Å²) in [6, 6.07) is 10.6. The third kappa shape index (κ3) is 3.81. The number of carbonyl (C=O) groups is 1. The molecule has 1 aromatic rings. The molecule has 1 fully saturated rings. The normalized spacial score (nSPS) is 30.9. The average molecular weight is 332 g/mol. The van der Waals surface area contributed by atoms with Crippen LogP contribution in [0.25, 0.3) is 0 Å². The molecule has 1 heterocycles. The van der Waals surface area contributed by atoms with Gasteiger partial charge in [-0.1, -0.05) is 42.8 Å². The second-order valence-corrected chi connectivity index (χ2v) is 7.75. The van der Waals surface area contributed by atoms with Gasteiger partial charge in [-0.2, -0.15) is 0 Å². The highest BCUT2D eigenvalue weighted by Gasteiger charge is 2.36. The van der Waals surface area contributed by atoms with Gasteiger partial charge in [0, 0.05) is 18.3 Å². The zero-order chi connectivity index (χ0) is 16.2. The number of rotatable bonds is 5. The number of allylic oxidation sites excluding steroid dienone is 1. The number of ether oxygens (including phenoxy) is 1. The molecular weight excluding hydrogens is 308 g/mol. The molecule has 1 N–H and O–H groups in total. The largest absolute Gasteiger partial charge is 0.481 e. The van der Waals surface area contributed by atoms with Crippen LogP contribution in [0.5, 0.6) is 0 Å². The molecule has 3 rings (SSSR count). The topological polar surface area (TPSA) is 46.5 Å². The monoisotopic (exact) mass is 332 g/mol. The maximum atomic E-state index is 11.3. The summed E-state index contributed by atoms with van der Waals surface area (Å²) >= 11 is 1.92. The van der Waals surface area contributed by atoms with Gasteiger partial charge in [-0.15, -0.1) is 11.8 Å². The molecular formula is C19H24O3S. The number of thioether (sulfide) groups is 1. The molecule has 0 saturated heterocycles. The van der Waals surface area contributed by atoms with Crippen molar-refractivity contribution in [2.24, 2.45) is 17.8 Å². The minimum atomic E-state index is -0.633. The molecule has 1 saturated carbocycles. The van der Waals surface area contributed by atoms with Crippen molar-refractivity contribution < 1.29 is 14.6 Å². The lowest BCUT2D eigenvalue weighted by Crippen LogP contribution is -2.22. The molecule has 0 amide bonds. The molecule has 4 atom stereocenters. The first-order valence-corrected chi connectivity index (χ1v) is 9.22. The first kappa shape index (κ1) is 16.6. The van der Waals surface area contributed by atoms with Gasteiger partial charge >= 0.3 is 5.97 Å². The summed E-state index contributed by atoms with van der Waals surface area (Å²) in [5, 5.41) is 9.70. The van der Waals surface area contributed by atoms with Gasteiger partial charge in [0.2, 0.25) is 0 Å². The molecule has 0 spiro atoms. The van der Waals surface area contributed by atoms with E-state index < -0.39 is 5.97 Å². The molecule has 1 aromatic carbocycles.